The van der Waals surface area contributed by atoms with Crippen molar-refractivity contribution in [2.24, 2.45) is 0 Å². The van der Waals surface area contributed by atoms with Gasteiger partial charge in [0.25, 0.3) is 0 Å². The molecule has 21 heavy (non-hydrogen) atoms. The fourth-order valence-electron chi connectivity index (χ4n) is 1.97. The average Bonchev–Trinajstić information content (AvgIpc) is 3.29. The summed E-state index contributed by atoms with van der Waals surface area (Å²) < 4.78 is 31.2. The van der Waals surface area contributed by atoms with Gasteiger partial charge < -0.3 is 10.1 Å². The predicted molar refractivity (Wildman–Crippen MR) is 81.5 cm³/mol. The summed E-state index contributed by atoms with van der Waals surface area (Å²) in [7, 11) is -0.713. The van der Waals surface area contributed by atoms with Crippen LogP contribution in [0.5, 0.6) is 5.75 Å². The van der Waals surface area contributed by atoms with Gasteiger partial charge in [-0.3, -0.25) is 0 Å². The zero-order valence-corrected chi connectivity index (χ0v) is 13.1. The van der Waals surface area contributed by atoms with Crippen LogP contribution in [-0.2, 0) is 16.6 Å². The Kier molecular flexibility index (Phi) is 4.88. The molecule has 6 heteroatoms. The third-order valence-corrected chi connectivity index (χ3v) is 5.25. The Morgan fingerprint density at radius 3 is 2.76 bits per heavy atom. The molecule has 1 aliphatic rings. The van der Waals surface area contributed by atoms with E-state index in [1.807, 2.05) is 0 Å². The summed E-state index contributed by atoms with van der Waals surface area (Å²) in [5.41, 5.74) is 0.998. The molecule has 2 rings (SSSR count). The number of benzene rings is 1. The molecule has 1 aromatic rings. The molecule has 5 nitrogen and oxygen atoms in total. The second-order valence-electron chi connectivity index (χ2n) is 5.11. The fourth-order valence-corrected chi connectivity index (χ4v) is 3.18. The summed E-state index contributed by atoms with van der Waals surface area (Å²) in [6, 6.07) is 5.73. The third kappa shape index (κ3) is 3.76. The van der Waals surface area contributed by atoms with Crippen LogP contribution in [0.15, 0.2) is 23.1 Å². The molecule has 0 bridgehead atoms. The Morgan fingerprint density at radius 2 is 2.19 bits per heavy atom. The molecule has 0 amide bonds. The normalized spacial score (nSPS) is 15.0. The lowest BCUT2D eigenvalue weighted by Crippen LogP contribution is -2.27. The van der Waals surface area contributed by atoms with E-state index in [0.29, 0.717) is 18.3 Å². The molecule has 1 saturated carbocycles. The molecule has 0 aliphatic heterocycles. The van der Waals surface area contributed by atoms with Crippen molar-refractivity contribution in [2.75, 3.05) is 20.7 Å². The first-order valence-electron chi connectivity index (χ1n) is 6.79. The lowest BCUT2D eigenvalue weighted by molar-refractivity contribution is 0.399. The molecular weight excluding hydrogens is 288 g/mol. The van der Waals surface area contributed by atoms with Gasteiger partial charge in [0.15, 0.2) is 0 Å². The number of ether oxygens (including phenoxy) is 1. The number of hydrogen-bond acceptors (Lipinski definition) is 4. The van der Waals surface area contributed by atoms with Gasteiger partial charge in [-0.1, -0.05) is 12.0 Å². The van der Waals surface area contributed by atoms with E-state index in [1.165, 1.54) is 27.0 Å². The van der Waals surface area contributed by atoms with E-state index in [2.05, 4.69) is 11.2 Å². The smallest absolute Gasteiger partial charge is 0.247 e. The summed E-state index contributed by atoms with van der Waals surface area (Å²) in [5, 5.41) is 3.38. The molecule has 1 aromatic carbocycles. The summed E-state index contributed by atoms with van der Waals surface area (Å²) in [4.78, 5) is 0.137. The molecule has 0 atom stereocenters. The quantitative estimate of drug-likeness (QED) is 0.769. The van der Waals surface area contributed by atoms with Gasteiger partial charge in [-0.15, -0.1) is 6.42 Å². The second kappa shape index (κ2) is 6.48. The molecule has 0 aromatic heterocycles. The van der Waals surface area contributed by atoms with Gasteiger partial charge in [-0.25, -0.2) is 8.42 Å². The SMILES string of the molecule is C#CCN(C)S(=O)(=O)c1ccc(CNC2CC2)cc1OC. The van der Waals surface area contributed by atoms with Crippen LogP contribution >= 0.6 is 0 Å². The van der Waals surface area contributed by atoms with Crippen molar-refractivity contribution < 1.29 is 13.2 Å². The molecule has 0 radical (unpaired) electrons. The Bertz CT molecular complexity index is 645. The topological polar surface area (TPSA) is 58.6 Å². The Morgan fingerprint density at radius 1 is 1.48 bits per heavy atom. The zero-order valence-electron chi connectivity index (χ0n) is 12.3. The first-order valence-corrected chi connectivity index (χ1v) is 8.23. The van der Waals surface area contributed by atoms with E-state index < -0.39 is 10.0 Å². The lowest BCUT2D eigenvalue weighted by atomic mass is 10.2. The van der Waals surface area contributed by atoms with Crippen molar-refractivity contribution in [2.45, 2.75) is 30.3 Å². The minimum absolute atomic E-state index is 0.0243. The zero-order chi connectivity index (χ0) is 15.5. The number of rotatable bonds is 7. The van der Waals surface area contributed by atoms with Crippen LogP contribution < -0.4 is 10.1 Å². The summed E-state index contributed by atoms with van der Waals surface area (Å²) >= 11 is 0. The van der Waals surface area contributed by atoms with Crippen molar-refractivity contribution in [3.63, 3.8) is 0 Å². The molecule has 1 fully saturated rings. The van der Waals surface area contributed by atoms with E-state index in [1.54, 1.807) is 18.2 Å². The molecular formula is C15H20N2O3S. The molecule has 1 N–H and O–H groups in total. The van der Waals surface area contributed by atoms with E-state index in [0.717, 1.165) is 9.87 Å². The maximum atomic E-state index is 12.4. The van der Waals surface area contributed by atoms with Gasteiger partial charge in [0, 0.05) is 19.6 Å². The first kappa shape index (κ1) is 15.8. The van der Waals surface area contributed by atoms with E-state index >= 15 is 0 Å². The van der Waals surface area contributed by atoms with Crippen LogP contribution in [-0.4, -0.2) is 39.5 Å². The van der Waals surface area contributed by atoms with Gasteiger partial charge in [0.1, 0.15) is 10.6 Å². The van der Waals surface area contributed by atoms with Crippen molar-refractivity contribution >= 4 is 10.0 Å². The van der Waals surface area contributed by atoms with Gasteiger partial charge in [0.2, 0.25) is 10.0 Å². The Balaban J connectivity index is 2.24. The highest BCUT2D eigenvalue weighted by Crippen LogP contribution is 2.28. The molecule has 114 valence electrons. The highest BCUT2D eigenvalue weighted by molar-refractivity contribution is 7.89. The molecule has 0 heterocycles. The number of sulfonamides is 1. The number of nitrogens with one attached hydrogen (secondary N) is 1. The molecule has 1 aliphatic carbocycles. The van der Waals surface area contributed by atoms with Crippen LogP contribution in [0.2, 0.25) is 0 Å². The van der Waals surface area contributed by atoms with Crippen LogP contribution in [0.1, 0.15) is 18.4 Å². The minimum atomic E-state index is -3.63. The monoisotopic (exact) mass is 308 g/mol. The maximum absolute atomic E-state index is 12.4. The maximum Gasteiger partial charge on any atom is 0.247 e. The summed E-state index contributed by atoms with van der Waals surface area (Å²) in [6.07, 6.45) is 7.59. The number of hydrogen-bond donors (Lipinski definition) is 1. The lowest BCUT2D eigenvalue weighted by Gasteiger charge is -2.17. The molecule has 0 saturated heterocycles. The van der Waals surface area contributed by atoms with Gasteiger partial charge in [-0.2, -0.15) is 4.31 Å². The minimum Gasteiger partial charge on any atom is -0.495 e. The van der Waals surface area contributed by atoms with Crippen molar-refractivity contribution in [3.05, 3.63) is 23.8 Å². The summed E-state index contributed by atoms with van der Waals surface area (Å²) in [6.45, 7) is 0.734. The Labute approximate surface area is 126 Å². The number of nitrogens with zero attached hydrogens (tertiary/aromatic N) is 1. The Hall–Kier alpha value is -1.55. The number of methoxy groups -OCH3 is 1. The van der Waals surface area contributed by atoms with Crippen LogP contribution in [0.4, 0.5) is 0 Å². The highest BCUT2D eigenvalue weighted by atomic mass is 32.2. The standard InChI is InChI=1S/C15H20N2O3S/c1-4-9-17(2)21(18,19)15-8-5-12(10-14(15)20-3)11-16-13-6-7-13/h1,5,8,10,13,16H,6-7,9,11H2,2-3H3. The summed E-state index contributed by atoms with van der Waals surface area (Å²) in [5.74, 6) is 2.67. The van der Waals surface area contributed by atoms with Crippen molar-refractivity contribution in [1.29, 1.82) is 0 Å². The van der Waals surface area contributed by atoms with Gasteiger partial charge in [0.05, 0.1) is 13.7 Å². The van der Waals surface area contributed by atoms with Crippen molar-refractivity contribution in [3.8, 4) is 18.1 Å². The average molecular weight is 308 g/mol. The van der Waals surface area contributed by atoms with E-state index in [9.17, 15) is 8.42 Å². The van der Waals surface area contributed by atoms with Crippen LogP contribution in [0.3, 0.4) is 0 Å². The second-order valence-corrected chi connectivity index (χ2v) is 7.12. The predicted octanol–water partition coefficient (Wildman–Crippen LogP) is 1.20. The molecule has 0 unspecified atom stereocenters. The number of terminal acetylenes is 1. The fraction of sp³-hybridized carbons (Fsp3) is 0.467. The molecule has 0 spiro atoms. The van der Waals surface area contributed by atoms with Crippen LogP contribution in [0, 0.1) is 12.3 Å². The van der Waals surface area contributed by atoms with E-state index in [4.69, 9.17) is 11.2 Å². The third-order valence-electron chi connectivity index (χ3n) is 3.40. The van der Waals surface area contributed by atoms with E-state index in [-0.39, 0.29) is 11.4 Å². The largest absolute Gasteiger partial charge is 0.495 e. The van der Waals surface area contributed by atoms with Gasteiger partial charge >= 0.3 is 0 Å². The van der Waals surface area contributed by atoms with Gasteiger partial charge in [-0.05, 0) is 30.5 Å². The van der Waals surface area contributed by atoms with Crippen LogP contribution in [0.25, 0.3) is 0 Å². The van der Waals surface area contributed by atoms with Crippen molar-refractivity contribution in [1.82, 2.24) is 9.62 Å². The first-order chi connectivity index (χ1) is 9.98. The highest BCUT2D eigenvalue weighted by Gasteiger charge is 2.25.